The summed E-state index contributed by atoms with van der Waals surface area (Å²) in [5.41, 5.74) is 1.75. The quantitative estimate of drug-likeness (QED) is 0.417. The van der Waals surface area contributed by atoms with Gasteiger partial charge in [-0.05, 0) is 61.9 Å². The highest BCUT2D eigenvalue weighted by Crippen LogP contribution is 2.33. The smallest absolute Gasteiger partial charge is 0.252 e. The summed E-state index contributed by atoms with van der Waals surface area (Å²) < 4.78 is 43.8. The number of halogens is 1. The molecule has 0 spiro atoms. The van der Waals surface area contributed by atoms with Crippen LogP contribution < -0.4 is 10.5 Å². The summed E-state index contributed by atoms with van der Waals surface area (Å²) in [6, 6.07) is 9.64. The number of hydrogen-bond donors (Lipinski definition) is 0. The molecule has 1 aliphatic carbocycles. The summed E-state index contributed by atoms with van der Waals surface area (Å²) in [7, 11) is -2.68. The standard InChI is InChI=1S/C30H32FN5O4S/c1-20-23(17-32)14-26(16-27(20)31)41(39,40)36-13-11-28(36)30(38)35(25-10-12-34(2)29(37)15-25)19-24-9-8-22(18-33-24)21-6-4-3-5-7-21/h8-10,12,14-16,18,21,28H,3-7,11,13,19H2,1-2H3/t28-/m1/s1. The average molecular weight is 578 g/mol. The first-order chi connectivity index (χ1) is 19.6. The molecule has 3 aromatic rings. The molecule has 2 fully saturated rings. The largest absolute Gasteiger partial charge is 0.318 e. The van der Waals surface area contributed by atoms with Crippen LogP contribution in [0, 0.1) is 24.1 Å². The van der Waals surface area contributed by atoms with Crippen LogP contribution in [0.25, 0.3) is 0 Å². The lowest BCUT2D eigenvalue weighted by Crippen LogP contribution is -2.59. The molecule has 1 aliphatic heterocycles. The van der Waals surface area contributed by atoms with Gasteiger partial charge in [0.1, 0.15) is 11.9 Å². The van der Waals surface area contributed by atoms with E-state index in [9.17, 15) is 27.7 Å². The van der Waals surface area contributed by atoms with Crippen molar-refractivity contribution in [3.8, 4) is 6.07 Å². The van der Waals surface area contributed by atoms with Crippen LogP contribution in [0.15, 0.2) is 58.5 Å². The molecule has 1 aromatic carbocycles. The van der Waals surface area contributed by atoms with Gasteiger partial charge in [0, 0.05) is 37.6 Å². The van der Waals surface area contributed by atoms with Crippen LogP contribution in [0.5, 0.6) is 0 Å². The molecule has 0 bridgehead atoms. The highest BCUT2D eigenvalue weighted by Gasteiger charge is 2.45. The normalized spacial score (nSPS) is 18.0. The number of nitriles is 1. The van der Waals surface area contributed by atoms with Crippen LogP contribution in [0.4, 0.5) is 10.1 Å². The minimum Gasteiger partial charge on any atom is -0.318 e. The molecule has 0 N–H and O–H groups in total. The van der Waals surface area contributed by atoms with Gasteiger partial charge in [-0.3, -0.25) is 14.6 Å². The summed E-state index contributed by atoms with van der Waals surface area (Å²) in [5, 5.41) is 9.34. The molecule has 1 saturated heterocycles. The molecule has 0 unspecified atom stereocenters. The lowest BCUT2D eigenvalue weighted by Gasteiger charge is -2.41. The first kappa shape index (κ1) is 28.6. The average Bonchev–Trinajstić information content (AvgIpc) is 2.94. The number of anilines is 1. The van der Waals surface area contributed by atoms with E-state index in [2.05, 4.69) is 4.98 Å². The Balaban J connectivity index is 1.44. The van der Waals surface area contributed by atoms with E-state index in [-0.39, 0.29) is 41.1 Å². The molecule has 41 heavy (non-hydrogen) atoms. The Bertz CT molecular complexity index is 1670. The van der Waals surface area contributed by atoms with Crippen LogP contribution in [-0.2, 0) is 28.4 Å². The first-order valence-electron chi connectivity index (χ1n) is 13.7. The third kappa shape index (κ3) is 5.67. The molecule has 3 heterocycles. The maximum Gasteiger partial charge on any atom is 0.252 e. The number of benzene rings is 1. The highest BCUT2D eigenvalue weighted by molar-refractivity contribution is 7.89. The van der Waals surface area contributed by atoms with E-state index in [1.165, 1.54) is 47.3 Å². The van der Waals surface area contributed by atoms with Crippen LogP contribution in [0.3, 0.4) is 0 Å². The minimum atomic E-state index is -4.28. The van der Waals surface area contributed by atoms with E-state index >= 15 is 0 Å². The molecule has 1 atom stereocenters. The number of amides is 1. The van der Waals surface area contributed by atoms with E-state index in [0.29, 0.717) is 17.3 Å². The fourth-order valence-corrected chi connectivity index (χ4v) is 7.17. The molecule has 2 aromatic heterocycles. The predicted molar refractivity (Wildman–Crippen MR) is 151 cm³/mol. The fourth-order valence-electron chi connectivity index (χ4n) is 5.50. The summed E-state index contributed by atoms with van der Waals surface area (Å²) in [6.45, 7) is 1.51. The van der Waals surface area contributed by atoms with Gasteiger partial charge in [0.05, 0.1) is 34.5 Å². The van der Waals surface area contributed by atoms with E-state index in [4.69, 9.17) is 0 Å². The van der Waals surface area contributed by atoms with Crippen molar-refractivity contribution in [3.63, 3.8) is 0 Å². The van der Waals surface area contributed by atoms with Crippen LogP contribution in [0.1, 0.15) is 66.8 Å². The number of hydrogen-bond acceptors (Lipinski definition) is 6. The molecule has 2 aliphatic rings. The Labute approximate surface area is 238 Å². The summed E-state index contributed by atoms with van der Waals surface area (Å²) in [4.78, 5) is 32.0. The second kappa shape index (κ2) is 11.5. The van der Waals surface area contributed by atoms with Crippen molar-refractivity contribution in [3.05, 3.63) is 87.3 Å². The lowest BCUT2D eigenvalue weighted by atomic mass is 9.85. The van der Waals surface area contributed by atoms with Crippen LogP contribution in [-0.4, -0.2) is 40.8 Å². The number of aryl methyl sites for hydroxylation is 1. The Morgan fingerprint density at radius 2 is 1.90 bits per heavy atom. The number of rotatable bonds is 7. The van der Waals surface area contributed by atoms with Crippen molar-refractivity contribution in [2.24, 2.45) is 7.05 Å². The van der Waals surface area contributed by atoms with Crippen molar-refractivity contribution in [2.75, 3.05) is 11.4 Å². The zero-order valence-corrected chi connectivity index (χ0v) is 23.9. The minimum absolute atomic E-state index is 0.0407. The number of aromatic nitrogens is 2. The summed E-state index contributed by atoms with van der Waals surface area (Å²) in [5.74, 6) is -0.850. The molecule has 5 rings (SSSR count). The van der Waals surface area contributed by atoms with Crippen molar-refractivity contribution in [2.45, 2.75) is 68.8 Å². The number of sulfonamides is 1. The zero-order chi connectivity index (χ0) is 29.3. The number of carbonyl (C=O) groups is 1. The molecule has 214 valence electrons. The maximum absolute atomic E-state index is 14.5. The Morgan fingerprint density at radius 1 is 1.15 bits per heavy atom. The third-order valence-corrected chi connectivity index (χ3v) is 10.1. The van der Waals surface area contributed by atoms with Gasteiger partial charge in [-0.2, -0.15) is 9.57 Å². The van der Waals surface area contributed by atoms with Crippen molar-refractivity contribution >= 4 is 21.6 Å². The van der Waals surface area contributed by atoms with Gasteiger partial charge in [0.2, 0.25) is 15.9 Å². The number of pyridine rings is 2. The SMILES string of the molecule is Cc1c(F)cc(S(=O)(=O)N2CC[C@@H]2C(=O)N(Cc2ccc(C3CCCCC3)cn2)c2ccn(C)c(=O)c2)cc1C#N. The van der Waals surface area contributed by atoms with Crippen molar-refractivity contribution in [1.29, 1.82) is 5.26 Å². The van der Waals surface area contributed by atoms with Gasteiger partial charge in [-0.25, -0.2) is 12.8 Å². The monoisotopic (exact) mass is 577 g/mol. The van der Waals surface area contributed by atoms with Gasteiger partial charge in [0.15, 0.2) is 0 Å². The van der Waals surface area contributed by atoms with Gasteiger partial charge < -0.3 is 9.47 Å². The topological polar surface area (TPSA) is 116 Å². The summed E-state index contributed by atoms with van der Waals surface area (Å²) >= 11 is 0. The van der Waals surface area contributed by atoms with Crippen LogP contribution in [0.2, 0.25) is 0 Å². The highest BCUT2D eigenvalue weighted by atomic mass is 32.2. The van der Waals surface area contributed by atoms with E-state index in [1.807, 2.05) is 24.4 Å². The zero-order valence-electron chi connectivity index (χ0n) is 23.1. The van der Waals surface area contributed by atoms with Crippen molar-refractivity contribution < 1.29 is 17.6 Å². The lowest BCUT2D eigenvalue weighted by molar-refractivity contribution is -0.125. The van der Waals surface area contributed by atoms with Gasteiger partial charge in [0.25, 0.3) is 5.56 Å². The van der Waals surface area contributed by atoms with Gasteiger partial charge in [-0.15, -0.1) is 0 Å². The van der Waals surface area contributed by atoms with E-state index in [0.717, 1.165) is 29.3 Å². The molecule has 0 radical (unpaired) electrons. The fraction of sp³-hybridized carbons (Fsp3) is 0.400. The van der Waals surface area contributed by atoms with Crippen LogP contribution >= 0.6 is 0 Å². The number of nitrogens with zero attached hydrogens (tertiary/aromatic N) is 5. The maximum atomic E-state index is 14.5. The van der Waals surface area contributed by atoms with Crippen molar-refractivity contribution in [1.82, 2.24) is 13.9 Å². The second-order valence-electron chi connectivity index (χ2n) is 10.8. The number of carbonyl (C=O) groups excluding carboxylic acids is 1. The van der Waals surface area contributed by atoms with Gasteiger partial charge >= 0.3 is 0 Å². The first-order valence-corrected chi connectivity index (χ1v) is 15.2. The third-order valence-electron chi connectivity index (χ3n) is 8.21. The Hall–Kier alpha value is -3.88. The predicted octanol–water partition coefficient (Wildman–Crippen LogP) is 4.14. The molecule has 1 saturated carbocycles. The summed E-state index contributed by atoms with van der Waals surface area (Å²) in [6.07, 6.45) is 9.56. The molecular weight excluding hydrogens is 545 g/mol. The molecule has 11 heteroatoms. The van der Waals surface area contributed by atoms with Gasteiger partial charge in [-0.1, -0.05) is 25.3 Å². The van der Waals surface area contributed by atoms with E-state index in [1.54, 1.807) is 19.3 Å². The Kier molecular flexibility index (Phi) is 8.07. The van der Waals surface area contributed by atoms with E-state index < -0.39 is 27.8 Å². The molecule has 1 amide bonds. The Morgan fingerprint density at radius 3 is 2.51 bits per heavy atom. The molecular formula is C30H32FN5O4S. The molecule has 9 nitrogen and oxygen atoms in total. The second-order valence-corrected chi connectivity index (χ2v) is 12.7.